The number of anilines is 1. The molecule has 1 unspecified atom stereocenters. The molecule has 0 saturated carbocycles. The van der Waals surface area contributed by atoms with E-state index in [-0.39, 0.29) is 0 Å². The third kappa shape index (κ3) is 5.08. The predicted molar refractivity (Wildman–Crippen MR) is 94.3 cm³/mol. The second kappa shape index (κ2) is 7.97. The molecular weight excluding hydrogens is 318 g/mol. The molecular formula is C19H19N3O3. The van der Waals surface area contributed by atoms with Crippen LogP contribution in [0, 0.1) is 25.2 Å². The number of imide groups is 1. The third-order valence-corrected chi connectivity index (χ3v) is 3.53. The number of urea groups is 1. The molecule has 0 aliphatic rings. The maximum absolute atomic E-state index is 12.1. The van der Waals surface area contributed by atoms with Gasteiger partial charge in [-0.1, -0.05) is 17.7 Å². The second-order valence-corrected chi connectivity index (χ2v) is 5.66. The highest BCUT2D eigenvalue weighted by Gasteiger charge is 2.18. The molecule has 0 heterocycles. The maximum Gasteiger partial charge on any atom is 0.325 e. The van der Waals surface area contributed by atoms with E-state index < -0.39 is 18.0 Å². The fourth-order valence-corrected chi connectivity index (χ4v) is 2.19. The first-order chi connectivity index (χ1) is 11.9. The molecule has 6 heteroatoms. The Morgan fingerprint density at radius 2 is 1.80 bits per heavy atom. The molecule has 3 amide bonds. The zero-order valence-corrected chi connectivity index (χ0v) is 14.3. The third-order valence-electron chi connectivity index (χ3n) is 3.53. The topological polar surface area (TPSA) is 91.2 Å². The largest absolute Gasteiger partial charge is 0.481 e. The first kappa shape index (κ1) is 18.0. The molecule has 0 bridgehead atoms. The van der Waals surface area contributed by atoms with Crippen molar-refractivity contribution in [3.63, 3.8) is 0 Å². The second-order valence-electron chi connectivity index (χ2n) is 5.66. The fourth-order valence-electron chi connectivity index (χ4n) is 2.19. The van der Waals surface area contributed by atoms with Gasteiger partial charge < -0.3 is 10.1 Å². The normalized spacial score (nSPS) is 11.1. The van der Waals surface area contributed by atoms with E-state index in [1.54, 1.807) is 30.3 Å². The van der Waals surface area contributed by atoms with Crippen molar-refractivity contribution in [1.29, 1.82) is 5.26 Å². The van der Waals surface area contributed by atoms with Crippen molar-refractivity contribution in [2.24, 2.45) is 0 Å². The number of nitrogens with zero attached hydrogens (tertiary/aromatic N) is 1. The van der Waals surface area contributed by atoms with Crippen molar-refractivity contribution in [3.05, 3.63) is 59.2 Å². The van der Waals surface area contributed by atoms with Gasteiger partial charge in [0.1, 0.15) is 5.75 Å². The quantitative estimate of drug-likeness (QED) is 0.895. The molecule has 0 fully saturated rings. The van der Waals surface area contributed by atoms with Gasteiger partial charge in [-0.15, -0.1) is 0 Å². The standard InChI is InChI=1S/C19H19N3O3/c1-12-4-9-17(13(2)10-12)21-19(24)22-18(23)14(3)25-16-7-5-15(11-20)6-8-16/h4-10,14H,1-3H3,(H2,21,22,23,24). The van der Waals surface area contributed by atoms with E-state index in [1.807, 2.05) is 32.0 Å². The molecule has 1 atom stereocenters. The minimum Gasteiger partial charge on any atom is -0.481 e. The van der Waals surface area contributed by atoms with Crippen LogP contribution in [0.1, 0.15) is 23.6 Å². The van der Waals surface area contributed by atoms with E-state index in [0.717, 1.165) is 11.1 Å². The first-order valence-corrected chi connectivity index (χ1v) is 7.75. The summed E-state index contributed by atoms with van der Waals surface area (Å²) in [4.78, 5) is 24.0. The van der Waals surface area contributed by atoms with Crippen molar-refractivity contribution < 1.29 is 14.3 Å². The molecule has 2 aromatic carbocycles. The molecule has 2 N–H and O–H groups in total. The van der Waals surface area contributed by atoms with Crippen LogP contribution >= 0.6 is 0 Å². The van der Waals surface area contributed by atoms with Crippen molar-refractivity contribution in [2.45, 2.75) is 26.9 Å². The van der Waals surface area contributed by atoms with Gasteiger partial charge in [0.2, 0.25) is 0 Å². The average molecular weight is 337 g/mol. The van der Waals surface area contributed by atoms with E-state index in [1.165, 1.54) is 6.92 Å². The Balaban J connectivity index is 1.91. The Morgan fingerprint density at radius 1 is 1.12 bits per heavy atom. The zero-order chi connectivity index (χ0) is 18.4. The van der Waals surface area contributed by atoms with E-state index in [0.29, 0.717) is 17.0 Å². The first-order valence-electron chi connectivity index (χ1n) is 7.75. The van der Waals surface area contributed by atoms with Gasteiger partial charge in [0.05, 0.1) is 11.6 Å². The van der Waals surface area contributed by atoms with Crippen molar-refractivity contribution in [3.8, 4) is 11.8 Å². The van der Waals surface area contributed by atoms with Gasteiger partial charge in [-0.25, -0.2) is 4.79 Å². The van der Waals surface area contributed by atoms with Gasteiger partial charge in [-0.2, -0.15) is 5.26 Å². The number of amides is 3. The van der Waals surface area contributed by atoms with E-state index in [9.17, 15) is 9.59 Å². The van der Waals surface area contributed by atoms with Gasteiger partial charge >= 0.3 is 6.03 Å². The lowest BCUT2D eigenvalue weighted by atomic mass is 10.1. The summed E-state index contributed by atoms with van der Waals surface area (Å²) in [6, 6.07) is 13.4. The summed E-state index contributed by atoms with van der Waals surface area (Å²) >= 11 is 0. The van der Waals surface area contributed by atoms with Crippen molar-refractivity contribution in [2.75, 3.05) is 5.32 Å². The Bertz CT molecular complexity index is 823. The van der Waals surface area contributed by atoms with Gasteiger partial charge in [0, 0.05) is 5.69 Å². The van der Waals surface area contributed by atoms with E-state index in [2.05, 4.69) is 10.6 Å². The number of ether oxygens (including phenoxy) is 1. The lowest BCUT2D eigenvalue weighted by Gasteiger charge is -2.15. The van der Waals surface area contributed by atoms with Gasteiger partial charge in [-0.3, -0.25) is 10.1 Å². The molecule has 0 aromatic heterocycles. The molecule has 2 aromatic rings. The van der Waals surface area contributed by atoms with Crippen LogP contribution in [0.4, 0.5) is 10.5 Å². The molecule has 0 saturated heterocycles. The Hall–Kier alpha value is -3.33. The van der Waals surface area contributed by atoms with Crippen LogP contribution in [0.5, 0.6) is 5.75 Å². The number of aryl methyl sites for hydroxylation is 2. The van der Waals surface area contributed by atoms with Crippen LogP contribution in [0.2, 0.25) is 0 Å². The van der Waals surface area contributed by atoms with Crippen LogP contribution in [0.25, 0.3) is 0 Å². The van der Waals surface area contributed by atoms with E-state index in [4.69, 9.17) is 10.00 Å². The molecule has 128 valence electrons. The number of carbonyl (C=O) groups excluding carboxylic acids is 2. The van der Waals surface area contributed by atoms with Crippen molar-refractivity contribution >= 4 is 17.6 Å². The minimum absolute atomic E-state index is 0.441. The predicted octanol–water partition coefficient (Wildman–Crippen LogP) is 3.29. The molecule has 0 aliphatic carbocycles. The highest BCUT2D eigenvalue weighted by Crippen LogP contribution is 2.16. The number of nitrogens with one attached hydrogen (secondary N) is 2. The van der Waals surface area contributed by atoms with Crippen LogP contribution in [-0.2, 0) is 4.79 Å². The van der Waals surface area contributed by atoms with Gasteiger partial charge in [-0.05, 0) is 56.7 Å². The summed E-state index contributed by atoms with van der Waals surface area (Å²) in [5.41, 5.74) is 3.13. The number of carbonyl (C=O) groups is 2. The zero-order valence-electron chi connectivity index (χ0n) is 14.3. The Morgan fingerprint density at radius 3 is 2.40 bits per heavy atom. The number of rotatable bonds is 4. The van der Waals surface area contributed by atoms with Crippen LogP contribution in [0.3, 0.4) is 0 Å². The lowest BCUT2D eigenvalue weighted by Crippen LogP contribution is -2.42. The molecule has 6 nitrogen and oxygen atoms in total. The number of hydrogen-bond acceptors (Lipinski definition) is 4. The fraction of sp³-hybridized carbons (Fsp3) is 0.211. The Kier molecular flexibility index (Phi) is 5.75. The minimum atomic E-state index is -0.863. The number of hydrogen-bond donors (Lipinski definition) is 2. The Labute approximate surface area is 146 Å². The summed E-state index contributed by atoms with van der Waals surface area (Å²) < 4.78 is 5.46. The summed E-state index contributed by atoms with van der Waals surface area (Å²) in [5, 5.41) is 13.6. The lowest BCUT2D eigenvalue weighted by molar-refractivity contribution is -0.126. The van der Waals surface area contributed by atoms with Crippen LogP contribution < -0.4 is 15.4 Å². The molecule has 25 heavy (non-hydrogen) atoms. The maximum atomic E-state index is 12.1. The monoisotopic (exact) mass is 337 g/mol. The van der Waals surface area contributed by atoms with Crippen molar-refractivity contribution in [1.82, 2.24) is 5.32 Å². The molecule has 0 spiro atoms. The van der Waals surface area contributed by atoms with Gasteiger partial charge in [0.15, 0.2) is 6.10 Å². The highest BCUT2D eigenvalue weighted by atomic mass is 16.5. The summed E-state index contributed by atoms with van der Waals surface area (Å²) in [6.45, 7) is 5.38. The van der Waals surface area contributed by atoms with Crippen LogP contribution in [0.15, 0.2) is 42.5 Å². The molecule has 0 radical (unpaired) electrons. The summed E-state index contributed by atoms with van der Waals surface area (Å²) in [5.74, 6) is -0.122. The highest BCUT2D eigenvalue weighted by molar-refractivity contribution is 6.02. The van der Waals surface area contributed by atoms with Gasteiger partial charge in [0.25, 0.3) is 5.91 Å². The smallest absolute Gasteiger partial charge is 0.325 e. The molecule has 0 aliphatic heterocycles. The number of nitriles is 1. The SMILES string of the molecule is Cc1ccc(NC(=O)NC(=O)C(C)Oc2ccc(C#N)cc2)c(C)c1. The van der Waals surface area contributed by atoms with Crippen LogP contribution in [-0.4, -0.2) is 18.0 Å². The number of benzene rings is 2. The summed E-state index contributed by atoms with van der Waals surface area (Å²) in [7, 11) is 0. The summed E-state index contributed by atoms with van der Waals surface area (Å²) in [6.07, 6.45) is -0.863. The molecule has 2 rings (SSSR count). The average Bonchev–Trinajstić information content (AvgIpc) is 2.58. The van der Waals surface area contributed by atoms with E-state index >= 15 is 0 Å².